The van der Waals surface area contributed by atoms with E-state index in [0.717, 1.165) is 36.1 Å². The van der Waals surface area contributed by atoms with E-state index in [-0.39, 0.29) is 11.2 Å². The van der Waals surface area contributed by atoms with Gasteiger partial charge in [0.25, 0.3) is 0 Å². The van der Waals surface area contributed by atoms with Gasteiger partial charge in [0.2, 0.25) is 0 Å². The predicted octanol–water partition coefficient (Wildman–Crippen LogP) is 2.32. The second-order valence-corrected chi connectivity index (χ2v) is 5.55. The zero-order valence-electron chi connectivity index (χ0n) is 10.6. The number of carbonyl (C=O) groups is 1. The lowest BCUT2D eigenvalue weighted by Gasteiger charge is -2.40. The first-order valence-corrected chi connectivity index (χ1v) is 6.72. The van der Waals surface area contributed by atoms with Crippen LogP contribution in [0.25, 0.3) is 0 Å². The molecule has 1 saturated carbocycles. The molecule has 1 aliphatic carbocycles. The number of nitrogens with two attached hydrogens (primary N) is 1. The Balaban J connectivity index is 1.83. The van der Waals surface area contributed by atoms with Crippen LogP contribution < -0.4 is 10.5 Å². The molecule has 0 aromatic heterocycles. The molecule has 3 nitrogen and oxygen atoms in total. The Morgan fingerprint density at radius 1 is 1.39 bits per heavy atom. The van der Waals surface area contributed by atoms with Crippen molar-refractivity contribution in [2.24, 2.45) is 11.1 Å². The minimum atomic E-state index is 0.0679. The molecular formula is C15H19NO2. The minimum Gasteiger partial charge on any atom is -0.492 e. The Morgan fingerprint density at radius 2 is 2.22 bits per heavy atom. The maximum absolute atomic E-state index is 12.4. The quantitative estimate of drug-likeness (QED) is 0.828. The molecule has 0 bridgehead atoms. The van der Waals surface area contributed by atoms with E-state index in [9.17, 15) is 4.79 Å². The molecule has 3 heteroatoms. The van der Waals surface area contributed by atoms with Crippen LogP contribution in [0.4, 0.5) is 0 Å². The zero-order chi connectivity index (χ0) is 12.6. The summed E-state index contributed by atoms with van der Waals surface area (Å²) < 4.78 is 5.60. The van der Waals surface area contributed by atoms with Gasteiger partial charge in [-0.2, -0.15) is 0 Å². The number of ketones is 1. The predicted molar refractivity (Wildman–Crippen MR) is 69.9 cm³/mol. The van der Waals surface area contributed by atoms with E-state index in [4.69, 9.17) is 10.5 Å². The molecule has 0 unspecified atom stereocenters. The molecule has 1 aromatic rings. The molecule has 18 heavy (non-hydrogen) atoms. The van der Waals surface area contributed by atoms with Gasteiger partial charge in [-0.1, -0.05) is 18.6 Å². The fourth-order valence-electron chi connectivity index (χ4n) is 3.00. The minimum absolute atomic E-state index is 0.0679. The lowest BCUT2D eigenvalue weighted by atomic mass is 9.65. The van der Waals surface area contributed by atoms with Crippen LogP contribution in [0.5, 0.6) is 5.75 Å². The van der Waals surface area contributed by atoms with Crippen molar-refractivity contribution in [3.05, 3.63) is 29.3 Å². The summed E-state index contributed by atoms with van der Waals surface area (Å²) in [6, 6.07) is 5.88. The molecular weight excluding hydrogens is 226 g/mol. The summed E-state index contributed by atoms with van der Waals surface area (Å²) in [5, 5.41) is 0. The highest BCUT2D eigenvalue weighted by Gasteiger charge is 2.38. The van der Waals surface area contributed by atoms with Gasteiger partial charge in [0.15, 0.2) is 5.78 Å². The molecule has 0 radical (unpaired) electrons. The van der Waals surface area contributed by atoms with Gasteiger partial charge >= 0.3 is 0 Å². The van der Waals surface area contributed by atoms with Gasteiger partial charge in [-0.05, 0) is 36.4 Å². The topological polar surface area (TPSA) is 52.3 Å². The normalized spacial score (nSPS) is 19.8. The SMILES string of the molecule is NCC1(CC(=O)c2cccc3c2OCC3)CCC1. The number of para-hydroxylation sites is 1. The highest BCUT2D eigenvalue weighted by molar-refractivity contribution is 5.99. The third kappa shape index (κ3) is 1.83. The van der Waals surface area contributed by atoms with Crippen molar-refractivity contribution in [3.63, 3.8) is 0 Å². The molecule has 1 aromatic carbocycles. The number of ether oxygens (including phenoxy) is 1. The van der Waals surface area contributed by atoms with Crippen molar-refractivity contribution in [2.75, 3.05) is 13.2 Å². The fraction of sp³-hybridized carbons (Fsp3) is 0.533. The van der Waals surface area contributed by atoms with E-state index in [2.05, 4.69) is 0 Å². The van der Waals surface area contributed by atoms with E-state index in [1.807, 2.05) is 18.2 Å². The summed E-state index contributed by atoms with van der Waals surface area (Å²) in [6.45, 7) is 1.32. The molecule has 2 aliphatic rings. The summed E-state index contributed by atoms with van der Waals surface area (Å²) in [7, 11) is 0. The average molecular weight is 245 g/mol. The van der Waals surface area contributed by atoms with E-state index in [0.29, 0.717) is 19.6 Å². The van der Waals surface area contributed by atoms with E-state index in [1.165, 1.54) is 6.42 Å². The molecule has 0 atom stereocenters. The van der Waals surface area contributed by atoms with Crippen LogP contribution in [0.1, 0.15) is 41.6 Å². The Labute approximate surface area is 107 Å². The first kappa shape index (κ1) is 11.7. The molecule has 0 spiro atoms. The third-order valence-corrected chi connectivity index (χ3v) is 4.40. The summed E-state index contributed by atoms with van der Waals surface area (Å²) in [4.78, 5) is 12.4. The second-order valence-electron chi connectivity index (χ2n) is 5.55. The number of rotatable bonds is 4. The highest BCUT2D eigenvalue weighted by atomic mass is 16.5. The van der Waals surface area contributed by atoms with Crippen LogP contribution in [-0.2, 0) is 6.42 Å². The van der Waals surface area contributed by atoms with Crippen molar-refractivity contribution < 1.29 is 9.53 Å². The van der Waals surface area contributed by atoms with Crippen LogP contribution in [0.15, 0.2) is 18.2 Å². The smallest absolute Gasteiger partial charge is 0.167 e. The van der Waals surface area contributed by atoms with Gasteiger partial charge in [-0.25, -0.2) is 0 Å². The molecule has 0 amide bonds. The molecule has 1 aliphatic heterocycles. The standard InChI is InChI=1S/C15H19NO2/c16-10-15(6-2-7-15)9-13(17)12-4-1-3-11-5-8-18-14(11)12/h1,3-4H,2,5-10,16H2. The number of Topliss-reactive ketones (excluding diaryl/α,β-unsaturated/α-hetero) is 1. The van der Waals surface area contributed by atoms with E-state index >= 15 is 0 Å². The molecule has 3 rings (SSSR count). The number of carbonyl (C=O) groups excluding carboxylic acids is 1. The second kappa shape index (κ2) is 4.39. The molecule has 96 valence electrons. The lowest BCUT2D eigenvalue weighted by Crippen LogP contribution is -2.39. The number of fused-ring (bicyclic) bond motifs is 1. The van der Waals surface area contributed by atoms with E-state index in [1.54, 1.807) is 0 Å². The summed E-state index contributed by atoms with van der Waals surface area (Å²) in [6.07, 6.45) is 4.87. The Hall–Kier alpha value is -1.35. The van der Waals surface area contributed by atoms with Gasteiger partial charge in [-0.15, -0.1) is 0 Å². The van der Waals surface area contributed by atoms with Crippen LogP contribution in [0.2, 0.25) is 0 Å². The van der Waals surface area contributed by atoms with Crippen molar-refractivity contribution >= 4 is 5.78 Å². The van der Waals surface area contributed by atoms with Gasteiger partial charge in [-0.3, -0.25) is 4.79 Å². The van der Waals surface area contributed by atoms with Gasteiger partial charge in [0.05, 0.1) is 12.2 Å². The number of benzene rings is 1. The molecule has 1 heterocycles. The summed E-state index contributed by atoms with van der Waals surface area (Å²) >= 11 is 0. The summed E-state index contributed by atoms with van der Waals surface area (Å²) in [5.41, 5.74) is 7.81. The fourth-order valence-corrected chi connectivity index (χ4v) is 3.00. The Morgan fingerprint density at radius 3 is 2.89 bits per heavy atom. The van der Waals surface area contributed by atoms with Crippen molar-refractivity contribution in [2.45, 2.75) is 32.1 Å². The van der Waals surface area contributed by atoms with Crippen LogP contribution >= 0.6 is 0 Å². The Bertz CT molecular complexity index is 472. The molecule has 0 saturated heterocycles. The lowest BCUT2D eigenvalue weighted by molar-refractivity contribution is 0.0783. The molecule has 2 N–H and O–H groups in total. The van der Waals surface area contributed by atoms with Crippen molar-refractivity contribution in [1.29, 1.82) is 0 Å². The largest absolute Gasteiger partial charge is 0.492 e. The van der Waals surface area contributed by atoms with Crippen molar-refractivity contribution in [3.8, 4) is 5.75 Å². The number of hydrogen-bond acceptors (Lipinski definition) is 3. The first-order chi connectivity index (χ1) is 8.74. The third-order valence-electron chi connectivity index (χ3n) is 4.40. The maximum Gasteiger partial charge on any atom is 0.167 e. The van der Waals surface area contributed by atoms with Crippen LogP contribution in [0.3, 0.4) is 0 Å². The van der Waals surface area contributed by atoms with Crippen molar-refractivity contribution in [1.82, 2.24) is 0 Å². The summed E-state index contributed by atoms with van der Waals surface area (Å²) in [5.74, 6) is 1.01. The van der Waals surface area contributed by atoms with Gasteiger partial charge < -0.3 is 10.5 Å². The molecule has 1 fully saturated rings. The maximum atomic E-state index is 12.4. The zero-order valence-corrected chi connectivity index (χ0v) is 10.6. The average Bonchev–Trinajstić information content (AvgIpc) is 2.81. The first-order valence-electron chi connectivity index (χ1n) is 6.72. The monoisotopic (exact) mass is 245 g/mol. The highest BCUT2D eigenvalue weighted by Crippen LogP contribution is 2.44. The van der Waals surface area contributed by atoms with Gasteiger partial charge in [0.1, 0.15) is 5.75 Å². The van der Waals surface area contributed by atoms with Crippen LogP contribution in [-0.4, -0.2) is 18.9 Å². The van der Waals surface area contributed by atoms with E-state index < -0.39 is 0 Å². The number of hydrogen-bond donors (Lipinski definition) is 1. The van der Waals surface area contributed by atoms with Crippen LogP contribution in [0, 0.1) is 5.41 Å². The Kier molecular flexibility index (Phi) is 2.86. The van der Waals surface area contributed by atoms with Gasteiger partial charge in [0, 0.05) is 12.8 Å².